The summed E-state index contributed by atoms with van der Waals surface area (Å²) in [5, 5.41) is 0. The molecule has 0 radical (unpaired) electrons. The molecule has 1 fully saturated rings. The van der Waals surface area contributed by atoms with Crippen molar-refractivity contribution in [2.45, 2.75) is 33.2 Å². The topological polar surface area (TPSA) is 55.0 Å². The molecule has 2 atom stereocenters. The number of rotatable bonds is 1. The van der Waals surface area contributed by atoms with Crippen molar-refractivity contribution in [1.82, 2.24) is 9.97 Å². The van der Waals surface area contributed by atoms with Gasteiger partial charge in [-0.15, -0.1) is 0 Å². The molecule has 0 amide bonds. The number of nitrogens with zero attached hydrogens (tertiary/aromatic N) is 3. The Morgan fingerprint density at radius 1 is 1.40 bits per heavy atom. The Kier molecular flexibility index (Phi) is 2.50. The minimum atomic E-state index is 0.372. The first-order valence-corrected chi connectivity index (χ1v) is 5.44. The summed E-state index contributed by atoms with van der Waals surface area (Å²) < 4.78 is 0. The molecule has 0 bridgehead atoms. The quantitative estimate of drug-likeness (QED) is 0.758. The van der Waals surface area contributed by atoms with Crippen molar-refractivity contribution in [3.05, 3.63) is 11.8 Å². The van der Waals surface area contributed by atoms with E-state index in [0.29, 0.717) is 12.0 Å². The van der Waals surface area contributed by atoms with Crippen LogP contribution in [0.15, 0.2) is 6.07 Å². The summed E-state index contributed by atoms with van der Waals surface area (Å²) in [5.74, 6) is 2.07. The highest BCUT2D eigenvalue weighted by Gasteiger charge is 2.27. The third-order valence-corrected chi connectivity index (χ3v) is 2.94. The highest BCUT2D eigenvalue weighted by atomic mass is 15.2. The van der Waals surface area contributed by atoms with Gasteiger partial charge in [0.15, 0.2) is 0 Å². The van der Waals surface area contributed by atoms with Crippen molar-refractivity contribution >= 4 is 11.8 Å². The summed E-state index contributed by atoms with van der Waals surface area (Å²) in [6, 6.07) is 2.55. The summed E-state index contributed by atoms with van der Waals surface area (Å²) in [5.41, 5.74) is 6.59. The first kappa shape index (κ1) is 10.2. The zero-order valence-electron chi connectivity index (χ0n) is 9.57. The summed E-state index contributed by atoms with van der Waals surface area (Å²) >= 11 is 0. The molecular formula is C11H18N4. The second-order valence-corrected chi connectivity index (χ2v) is 4.57. The molecule has 1 aliphatic rings. The number of hydrogen-bond acceptors (Lipinski definition) is 4. The summed E-state index contributed by atoms with van der Waals surface area (Å²) in [6.45, 7) is 7.52. The first-order valence-electron chi connectivity index (χ1n) is 5.44. The maximum atomic E-state index is 5.66. The van der Waals surface area contributed by atoms with E-state index < -0.39 is 0 Å². The summed E-state index contributed by atoms with van der Waals surface area (Å²) in [7, 11) is 0. The number of nitrogen functional groups attached to an aromatic ring is 1. The minimum Gasteiger partial charge on any atom is -0.368 e. The maximum Gasteiger partial charge on any atom is 0.222 e. The molecule has 0 aromatic carbocycles. The van der Waals surface area contributed by atoms with E-state index in [2.05, 4.69) is 28.7 Å². The van der Waals surface area contributed by atoms with E-state index in [-0.39, 0.29) is 0 Å². The predicted octanol–water partition coefficient (Wildman–Crippen LogP) is 1.60. The Morgan fingerprint density at radius 3 is 2.67 bits per heavy atom. The van der Waals surface area contributed by atoms with E-state index in [0.717, 1.165) is 24.0 Å². The van der Waals surface area contributed by atoms with Crippen LogP contribution in [0.3, 0.4) is 0 Å². The lowest BCUT2D eigenvalue weighted by atomic mass is 10.1. The SMILES string of the molecule is Cc1cc(N2CC(C)CC2C)nc(N)n1. The molecule has 4 nitrogen and oxygen atoms in total. The Balaban J connectivity index is 2.29. The molecule has 1 aromatic heterocycles. The lowest BCUT2D eigenvalue weighted by Gasteiger charge is -2.22. The molecule has 1 aromatic rings. The zero-order valence-corrected chi connectivity index (χ0v) is 9.57. The molecule has 2 rings (SSSR count). The fraction of sp³-hybridized carbons (Fsp3) is 0.636. The van der Waals surface area contributed by atoms with Crippen LogP contribution in [0.5, 0.6) is 0 Å². The van der Waals surface area contributed by atoms with Gasteiger partial charge in [-0.25, -0.2) is 4.98 Å². The van der Waals surface area contributed by atoms with Crippen LogP contribution in [0.2, 0.25) is 0 Å². The van der Waals surface area contributed by atoms with Crippen LogP contribution in [0.25, 0.3) is 0 Å². The fourth-order valence-corrected chi connectivity index (χ4v) is 2.34. The smallest absolute Gasteiger partial charge is 0.222 e. The zero-order chi connectivity index (χ0) is 11.0. The summed E-state index contributed by atoms with van der Waals surface area (Å²) in [6.07, 6.45) is 1.23. The second-order valence-electron chi connectivity index (χ2n) is 4.57. The largest absolute Gasteiger partial charge is 0.368 e. The third kappa shape index (κ3) is 2.03. The van der Waals surface area contributed by atoms with E-state index in [1.807, 2.05) is 13.0 Å². The van der Waals surface area contributed by atoms with Crippen molar-refractivity contribution in [1.29, 1.82) is 0 Å². The van der Waals surface area contributed by atoms with Crippen LogP contribution in [0.1, 0.15) is 26.0 Å². The molecule has 1 saturated heterocycles. The number of aryl methyl sites for hydroxylation is 1. The molecule has 2 N–H and O–H groups in total. The van der Waals surface area contributed by atoms with Crippen LogP contribution in [0, 0.1) is 12.8 Å². The van der Waals surface area contributed by atoms with Crippen LogP contribution in [0.4, 0.5) is 11.8 Å². The van der Waals surface area contributed by atoms with Crippen LogP contribution in [-0.2, 0) is 0 Å². The van der Waals surface area contributed by atoms with E-state index in [9.17, 15) is 0 Å². The number of nitrogens with two attached hydrogens (primary N) is 1. The van der Waals surface area contributed by atoms with Gasteiger partial charge in [-0.2, -0.15) is 4.98 Å². The van der Waals surface area contributed by atoms with Gasteiger partial charge in [0.1, 0.15) is 5.82 Å². The van der Waals surface area contributed by atoms with Gasteiger partial charge in [0.05, 0.1) is 0 Å². The van der Waals surface area contributed by atoms with Gasteiger partial charge in [-0.1, -0.05) is 6.92 Å². The minimum absolute atomic E-state index is 0.372. The van der Waals surface area contributed by atoms with Gasteiger partial charge in [-0.05, 0) is 26.2 Å². The Hall–Kier alpha value is -1.32. The normalized spacial score (nSPS) is 25.9. The van der Waals surface area contributed by atoms with E-state index >= 15 is 0 Å². The molecule has 0 spiro atoms. The number of anilines is 2. The van der Waals surface area contributed by atoms with Gasteiger partial charge in [0, 0.05) is 24.3 Å². The summed E-state index contributed by atoms with van der Waals surface area (Å²) in [4.78, 5) is 10.7. The average Bonchev–Trinajstić information content (AvgIpc) is 2.43. The van der Waals surface area contributed by atoms with E-state index in [1.165, 1.54) is 6.42 Å². The standard InChI is InChI=1S/C11H18N4/c1-7-4-9(3)15(6-7)10-5-8(2)13-11(12)14-10/h5,7,9H,4,6H2,1-3H3,(H2,12,13,14). The highest BCUT2D eigenvalue weighted by Crippen LogP contribution is 2.27. The van der Waals surface area contributed by atoms with Gasteiger partial charge in [0.2, 0.25) is 5.95 Å². The molecule has 2 unspecified atom stereocenters. The van der Waals surface area contributed by atoms with Gasteiger partial charge in [0.25, 0.3) is 0 Å². The van der Waals surface area contributed by atoms with Crippen LogP contribution >= 0.6 is 0 Å². The molecular weight excluding hydrogens is 188 g/mol. The Bertz CT molecular complexity index is 343. The van der Waals surface area contributed by atoms with Gasteiger partial charge in [-0.3, -0.25) is 0 Å². The lowest BCUT2D eigenvalue weighted by Crippen LogP contribution is -2.28. The molecule has 4 heteroatoms. The predicted molar refractivity (Wildman–Crippen MR) is 61.8 cm³/mol. The maximum absolute atomic E-state index is 5.66. The Labute approximate surface area is 90.5 Å². The third-order valence-electron chi connectivity index (χ3n) is 2.94. The van der Waals surface area contributed by atoms with Crippen molar-refractivity contribution in [2.75, 3.05) is 17.2 Å². The van der Waals surface area contributed by atoms with Crippen molar-refractivity contribution in [2.24, 2.45) is 5.92 Å². The fourth-order valence-electron chi connectivity index (χ4n) is 2.34. The Morgan fingerprint density at radius 2 is 2.13 bits per heavy atom. The molecule has 2 heterocycles. The molecule has 1 aliphatic heterocycles. The van der Waals surface area contributed by atoms with Crippen LogP contribution < -0.4 is 10.6 Å². The molecule has 0 saturated carbocycles. The van der Waals surface area contributed by atoms with Gasteiger partial charge < -0.3 is 10.6 Å². The first-order chi connectivity index (χ1) is 7.06. The molecule has 82 valence electrons. The van der Waals surface area contributed by atoms with Gasteiger partial charge >= 0.3 is 0 Å². The lowest BCUT2D eigenvalue weighted by molar-refractivity contribution is 0.625. The average molecular weight is 206 g/mol. The van der Waals surface area contributed by atoms with Crippen molar-refractivity contribution in [3.63, 3.8) is 0 Å². The molecule has 15 heavy (non-hydrogen) atoms. The van der Waals surface area contributed by atoms with Crippen molar-refractivity contribution < 1.29 is 0 Å². The number of aromatic nitrogens is 2. The monoisotopic (exact) mass is 206 g/mol. The van der Waals surface area contributed by atoms with Crippen LogP contribution in [-0.4, -0.2) is 22.6 Å². The van der Waals surface area contributed by atoms with E-state index in [4.69, 9.17) is 5.73 Å². The molecule has 0 aliphatic carbocycles. The van der Waals surface area contributed by atoms with Crippen molar-refractivity contribution in [3.8, 4) is 0 Å². The van der Waals surface area contributed by atoms with E-state index in [1.54, 1.807) is 0 Å². The second kappa shape index (κ2) is 3.68. The number of hydrogen-bond donors (Lipinski definition) is 1. The highest BCUT2D eigenvalue weighted by molar-refractivity contribution is 5.45.